The molecule has 1 aromatic carbocycles. The number of aliphatic hydroxyl groups is 1. The minimum absolute atomic E-state index is 0.0642. The van der Waals surface area contributed by atoms with Gasteiger partial charge in [-0.3, -0.25) is 4.79 Å². The largest absolute Gasteiger partial charge is 0.394 e. The molecule has 0 fully saturated rings. The lowest BCUT2D eigenvalue weighted by Gasteiger charge is -2.20. The molecule has 0 aliphatic heterocycles. The Morgan fingerprint density at radius 3 is 2.94 bits per heavy atom. The molecule has 18 heavy (non-hydrogen) atoms. The number of hydrogen-bond acceptors (Lipinski definition) is 4. The monoisotopic (exact) mass is 285 g/mol. The molecule has 2 aromatic rings. The first-order valence-electron chi connectivity index (χ1n) is 5.31. The van der Waals surface area contributed by atoms with E-state index in [0.717, 1.165) is 0 Å². The van der Waals surface area contributed by atoms with Gasteiger partial charge in [-0.2, -0.15) is 4.68 Å². The summed E-state index contributed by atoms with van der Waals surface area (Å²) in [5, 5.41) is 11.4. The highest BCUT2D eigenvalue weighted by Crippen LogP contribution is 2.14. The van der Waals surface area contributed by atoms with Crippen LogP contribution in [0.4, 0.5) is 0 Å². The number of aromatic amines is 1. The molecule has 5 nitrogen and oxygen atoms in total. The molecule has 0 unspecified atom stereocenters. The lowest BCUT2D eigenvalue weighted by Crippen LogP contribution is -2.41. The molecule has 1 heterocycles. The zero-order valence-electron chi connectivity index (χ0n) is 9.68. The number of H-pyrrole nitrogens is 1. The summed E-state index contributed by atoms with van der Waals surface area (Å²) in [6.07, 6.45) is 0. The molecule has 2 rings (SSSR count). The van der Waals surface area contributed by atoms with Crippen molar-refractivity contribution < 1.29 is 5.11 Å². The second-order valence-corrected chi connectivity index (χ2v) is 4.67. The number of aromatic nitrogens is 2. The van der Waals surface area contributed by atoms with Crippen molar-refractivity contribution in [3.8, 4) is 0 Å². The van der Waals surface area contributed by atoms with Crippen LogP contribution in [0.25, 0.3) is 10.9 Å². The number of rotatable bonds is 3. The van der Waals surface area contributed by atoms with E-state index < -0.39 is 0 Å². The van der Waals surface area contributed by atoms with E-state index in [9.17, 15) is 4.79 Å². The van der Waals surface area contributed by atoms with Crippen LogP contribution in [0.5, 0.6) is 0 Å². The Balaban J connectivity index is 2.75. The highest BCUT2D eigenvalue weighted by Gasteiger charge is 2.09. The van der Waals surface area contributed by atoms with E-state index in [0.29, 0.717) is 22.5 Å². The van der Waals surface area contributed by atoms with Gasteiger partial charge in [0, 0.05) is 12.1 Å². The van der Waals surface area contributed by atoms with E-state index in [1.165, 1.54) is 4.68 Å². The van der Waals surface area contributed by atoms with Gasteiger partial charge in [0.05, 0.1) is 24.1 Å². The number of fused-ring (bicyclic) bond motifs is 1. The third-order valence-electron chi connectivity index (χ3n) is 2.60. The van der Waals surface area contributed by atoms with Crippen molar-refractivity contribution in [2.75, 3.05) is 25.2 Å². The summed E-state index contributed by atoms with van der Waals surface area (Å²) in [5.74, 6) is 0. The van der Waals surface area contributed by atoms with Crippen molar-refractivity contribution in [1.29, 1.82) is 0 Å². The van der Waals surface area contributed by atoms with Crippen molar-refractivity contribution >= 4 is 34.7 Å². The predicted molar refractivity (Wildman–Crippen MR) is 74.5 cm³/mol. The highest BCUT2D eigenvalue weighted by atomic mass is 35.5. The molecule has 0 aliphatic carbocycles. The van der Waals surface area contributed by atoms with Crippen LogP contribution in [0.15, 0.2) is 23.0 Å². The molecule has 0 saturated heterocycles. The van der Waals surface area contributed by atoms with Crippen LogP contribution in [0.3, 0.4) is 0 Å². The summed E-state index contributed by atoms with van der Waals surface area (Å²) >= 11 is 11.0. The Kier molecular flexibility index (Phi) is 3.70. The molecule has 0 spiro atoms. The van der Waals surface area contributed by atoms with Gasteiger partial charge in [-0.05, 0) is 30.4 Å². The summed E-state index contributed by atoms with van der Waals surface area (Å²) in [7, 11) is 1.68. The van der Waals surface area contributed by atoms with Crippen molar-refractivity contribution in [2.24, 2.45) is 0 Å². The standard InChI is InChI=1S/C11H12ClN3O2S/c1-14(4-5-16)15-10(17)8-6-7(12)2-3-9(8)13-11(15)18/h2-3,6,16H,4-5H2,1H3,(H,13,18). The van der Waals surface area contributed by atoms with Gasteiger partial charge >= 0.3 is 0 Å². The molecule has 0 atom stereocenters. The fourth-order valence-electron chi connectivity index (χ4n) is 1.73. The number of hydrogen-bond donors (Lipinski definition) is 2. The Morgan fingerprint density at radius 1 is 1.56 bits per heavy atom. The first-order chi connectivity index (χ1) is 8.54. The molecule has 0 amide bonds. The number of aliphatic hydroxyl groups excluding tert-OH is 1. The van der Waals surface area contributed by atoms with E-state index >= 15 is 0 Å². The second-order valence-electron chi connectivity index (χ2n) is 3.84. The lowest BCUT2D eigenvalue weighted by atomic mass is 10.2. The van der Waals surface area contributed by atoms with Crippen LogP contribution in [0.2, 0.25) is 5.02 Å². The summed E-state index contributed by atoms with van der Waals surface area (Å²) in [6.45, 7) is 0.245. The Morgan fingerprint density at radius 2 is 2.28 bits per heavy atom. The van der Waals surface area contributed by atoms with Gasteiger partial charge in [-0.25, -0.2) is 0 Å². The van der Waals surface area contributed by atoms with Gasteiger partial charge in [0.25, 0.3) is 5.56 Å². The molecule has 1 aromatic heterocycles. The first kappa shape index (κ1) is 13.1. The first-order valence-corrected chi connectivity index (χ1v) is 6.10. The molecule has 0 aliphatic rings. The third-order valence-corrected chi connectivity index (χ3v) is 3.11. The molecule has 0 radical (unpaired) electrons. The summed E-state index contributed by atoms with van der Waals surface area (Å²) < 4.78 is 1.59. The number of benzene rings is 1. The van der Waals surface area contributed by atoms with E-state index in [4.69, 9.17) is 28.9 Å². The average Bonchev–Trinajstić information content (AvgIpc) is 2.31. The van der Waals surface area contributed by atoms with E-state index in [1.54, 1.807) is 30.3 Å². The number of nitrogens with zero attached hydrogens (tertiary/aromatic N) is 2. The van der Waals surface area contributed by atoms with Crippen molar-refractivity contribution in [1.82, 2.24) is 9.66 Å². The van der Waals surface area contributed by atoms with Gasteiger partial charge in [0.1, 0.15) is 0 Å². The minimum Gasteiger partial charge on any atom is -0.394 e. The zero-order valence-corrected chi connectivity index (χ0v) is 11.3. The average molecular weight is 286 g/mol. The Hall–Kier alpha value is -1.37. The van der Waals surface area contributed by atoms with Gasteiger partial charge in [0.2, 0.25) is 0 Å². The zero-order chi connectivity index (χ0) is 13.3. The van der Waals surface area contributed by atoms with E-state index in [2.05, 4.69) is 4.98 Å². The maximum absolute atomic E-state index is 12.3. The minimum atomic E-state index is -0.257. The van der Waals surface area contributed by atoms with Crippen molar-refractivity contribution in [3.63, 3.8) is 0 Å². The quantitative estimate of drug-likeness (QED) is 0.834. The second kappa shape index (κ2) is 5.09. The molecule has 2 N–H and O–H groups in total. The summed E-state index contributed by atoms with van der Waals surface area (Å²) in [4.78, 5) is 15.3. The maximum atomic E-state index is 12.3. The van der Waals surface area contributed by atoms with E-state index in [1.807, 2.05) is 0 Å². The Labute approximate surface area is 113 Å². The Bertz CT molecular complexity index is 695. The molecule has 0 saturated carbocycles. The van der Waals surface area contributed by atoms with Crippen LogP contribution >= 0.6 is 23.8 Å². The summed E-state index contributed by atoms with van der Waals surface area (Å²) in [6, 6.07) is 5.00. The highest BCUT2D eigenvalue weighted by molar-refractivity contribution is 7.71. The van der Waals surface area contributed by atoms with Gasteiger partial charge in [-0.15, -0.1) is 0 Å². The normalized spacial score (nSPS) is 10.8. The van der Waals surface area contributed by atoms with Crippen LogP contribution in [-0.2, 0) is 0 Å². The molecule has 96 valence electrons. The van der Waals surface area contributed by atoms with Crippen LogP contribution in [0.1, 0.15) is 0 Å². The van der Waals surface area contributed by atoms with Crippen LogP contribution in [0, 0.1) is 4.77 Å². The lowest BCUT2D eigenvalue weighted by molar-refractivity contribution is 0.294. The molecule has 0 bridgehead atoms. The fraction of sp³-hybridized carbons (Fsp3) is 0.273. The van der Waals surface area contributed by atoms with Crippen molar-refractivity contribution in [3.05, 3.63) is 38.3 Å². The molecule has 7 heteroatoms. The predicted octanol–water partition coefficient (Wildman–Crippen LogP) is 1.27. The third kappa shape index (κ3) is 2.27. The van der Waals surface area contributed by atoms with Crippen molar-refractivity contribution in [2.45, 2.75) is 0 Å². The van der Waals surface area contributed by atoms with Gasteiger partial charge in [0.15, 0.2) is 4.77 Å². The maximum Gasteiger partial charge on any atom is 0.281 e. The fourth-order valence-corrected chi connectivity index (χ4v) is 2.24. The van der Waals surface area contributed by atoms with Gasteiger partial charge in [-0.1, -0.05) is 11.6 Å². The van der Waals surface area contributed by atoms with Gasteiger partial charge < -0.3 is 15.1 Å². The summed E-state index contributed by atoms with van der Waals surface area (Å²) in [5.41, 5.74) is 0.384. The topological polar surface area (TPSA) is 61.3 Å². The van der Waals surface area contributed by atoms with E-state index in [-0.39, 0.29) is 16.9 Å². The number of likely N-dealkylation sites (N-methyl/N-ethyl adjacent to an activating group) is 1. The molecular weight excluding hydrogens is 274 g/mol. The van der Waals surface area contributed by atoms with Crippen LogP contribution < -0.4 is 10.6 Å². The number of halogens is 1. The SMILES string of the molecule is CN(CCO)n1c(=S)[nH]c2ccc(Cl)cc2c1=O. The molecular formula is C11H12ClN3O2S. The van der Waals surface area contributed by atoms with Crippen LogP contribution in [-0.4, -0.2) is 35.0 Å². The smallest absolute Gasteiger partial charge is 0.281 e. The number of nitrogens with one attached hydrogen (secondary N) is 1.